The number of rotatable bonds is 8. The molecule has 1 rings (SSSR count). The van der Waals surface area contributed by atoms with Gasteiger partial charge >= 0.3 is 0 Å². The molecular weight excluding hydrogens is 258 g/mol. The Hall–Kier alpha value is -1.77. The summed E-state index contributed by atoms with van der Waals surface area (Å²) in [5.74, 6) is 0.637. The Morgan fingerprint density at radius 3 is 2.71 bits per heavy atom. The summed E-state index contributed by atoms with van der Waals surface area (Å²) in [6.07, 6.45) is 4.09. The van der Waals surface area contributed by atoms with Gasteiger partial charge in [0, 0.05) is 24.3 Å². The lowest BCUT2D eigenvalue weighted by atomic mass is 9.98. The lowest BCUT2D eigenvalue weighted by Gasteiger charge is -2.16. The van der Waals surface area contributed by atoms with Crippen LogP contribution in [-0.4, -0.2) is 18.9 Å². The molecule has 0 radical (unpaired) electrons. The van der Waals surface area contributed by atoms with Crippen LogP contribution in [0.3, 0.4) is 0 Å². The van der Waals surface area contributed by atoms with E-state index in [1.807, 2.05) is 13.1 Å². The Morgan fingerprint density at radius 1 is 1.43 bits per heavy atom. The van der Waals surface area contributed by atoms with E-state index in [1.54, 1.807) is 0 Å². The third kappa shape index (κ3) is 5.25. The highest BCUT2D eigenvalue weighted by molar-refractivity contribution is 6.03. The van der Waals surface area contributed by atoms with Crippen molar-refractivity contribution in [1.29, 1.82) is 0 Å². The SMILES string of the molecule is C=C(C)CCc1cccc(NC)c1/C(N)=N\C(C)CCC. The van der Waals surface area contributed by atoms with Crippen molar-refractivity contribution in [3.63, 3.8) is 0 Å². The van der Waals surface area contributed by atoms with Crippen molar-refractivity contribution in [1.82, 2.24) is 0 Å². The summed E-state index contributed by atoms with van der Waals surface area (Å²) in [4.78, 5) is 4.67. The Bertz CT molecular complexity index is 503. The molecule has 1 aromatic rings. The van der Waals surface area contributed by atoms with E-state index in [1.165, 1.54) is 11.1 Å². The van der Waals surface area contributed by atoms with Gasteiger partial charge in [0.15, 0.2) is 0 Å². The number of benzene rings is 1. The van der Waals surface area contributed by atoms with Gasteiger partial charge in [-0.1, -0.05) is 31.1 Å². The number of hydrogen-bond acceptors (Lipinski definition) is 2. The predicted octanol–water partition coefficient (Wildman–Crippen LogP) is 4.13. The number of aliphatic imine (C=N–C) groups is 1. The van der Waals surface area contributed by atoms with Crippen molar-refractivity contribution in [2.45, 2.75) is 52.5 Å². The van der Waals surface area contributed by atoms with Gasteiger partial charge in [0.05, 0.1) is 0 Å². The van der Waals surface area contributed by atoms with E-state index in [0.29, 0.717) is 5.84 Å². The van der Waals surface area contributed by atoms with Crippen LogP contribution >= 0.6 is 0 Å². The van der Waals surface area contributed by atoms with Crippen LogP contribution in [0.2, 0.25) is 0 Å². The van der Waals surface area contributed by atoms with Crippen LogP contribution in [0.25, 0.3) is 0 Å². The first kappa shape index (κ1) is 17.3. The highest BCUT2D eigenvalue weighted by Crippen LogP contribution is 2.22. The number of hydrogen-bond donors (Lipinski definition) is 2. The summed E-state index contributed by atoms with van der Waals surface area (Å²) >= 11 is 0. The minimum absolute atomic E-state index is 0.258. The third-order valence-electron chi connectivity index (χ3n) is 3.56. The molecule has 0 heterocycles. The first-order valence-electron chi connectivity index (χ1n) is 7.77. The minimum Gasteiger partial charge on any atom is -0.388 e. The van der Waals surface area contributed by atoms with Gasteiger partial charge in [-0.2, -0.15) is 0 Å². The molecule has 1 atom stereocenters. The standard InChI is InChI=1S/C18H29N3/c1-6-8-14(4)21-18(19)17-15(12-11-13(2)3)9-7-10-16(17)20-5/h7,9-10,14,20H,2,6,8,11-12H2,1,3-5H3,(H2,19,21). The van der Waals surface area contributed by atoms with E-state index in [-0.39, 0.29) is 6.04 Å². The number of nitrogens with two attached hydrogens (primary N) is 1. The van der Waals surface area contributed by atoms with Crippen LogP contribution < -0.4 is 11.1 Å². The number of anilines is 1. The first-order valence-corrected chi connectivity index (χ1v) is 7.77. The maximum Gasteiger partial charge on any atom is 0.128 e. The van der Waals surface area contributed by atoms with E-state index < -0.39 is 0 Å². The molecule has 1 unspecified atom stereocenters. The van der Waals surface area contributed by atoms with Crippen LogP contribution in [0.1, 0.15) is 51.2 Å². The molecule has 0 amide bonds. The Labute approximate surface area is 129 Å². The van der Waals surface area contributed by atoms with Gasteiger partial charge < -0.3 is 11.1 Å². The van der Waals surface area contributed by atoms with Gasteiger partial charge in [-0.05, 0) is 44.7 Å². The van der Waals surface area contributed by atoms with Gasteiger partial charge in [0.25, 0.3) is 0 Å². The summed E-state index contributed by atoms with van der Waals surface area (Å²) in [7, 11) is 1.92. The van der Waals surface area contributed by atoms with Crippen LogP contribution in [0.4, 0.5) is 5.69 Å². The average Bonchev–Trinajstić information content (AvgIpc) is 2.44. The van der Waals surface area contributed by atoms with Crippen molar-refractivity contribution < 1.29 is 0 Å². The van der Waals surface area contributed by atoms with Crippen LogP contribution in [0.5, 0.6) is 0 Å². The zero-order valence-electron chi connectivity index (χ0n) is 13.9. The maximum atomic E-state index is 6.30. The Morgan fingerprint density at radius 2 is 2.14 bits per heavy atom. The summed E-state index contributed by atoms with van der Waals surface area (Å²) in [5, 5.41) is 3.23. The molecule has 3 N–H and O–H groups in total. The van der Waals surface area contributed by atoms with Crippen molar-refractivity contribution in [2.75, 3.05) is 12.4 Å². The Kier molecular flexibility index (Phi) is 7.00. The van der Waals surface area contributed by atoms with Crippen molar-refractivity contribution >= 4 is 11.5 Å². The smallest absolute Gasteiger partial charge is 0.128 e. The molecule has 0 aliphatic carbocycles. The zero-order valence-corrected chi connectivity index (χ0v) is 13.9. The maximum absolute atomic E-state index is 6.30. The molecule has 0 aliphatic heterocycles. The molecular formula is C18H29N3. The lowest BCUT2D eigenvalue weighted by Crippen LogP contribution is -2.20. The lowest BCUT2D eigenvalue weighted by molar-refractivity contribution is 0.654. The Balaban J connectivity index is 3.14. The predicted molar refractivity (Wildman–Crippen MR) is 94.2 cm³/mol. The normalized spacial score (nSPS) is 13.0. The highest BCUT2D eigenvalue weighted by atomic mass is 14.9. The molecule has 0 bridgehead atoms. The summed E-state index contributed by atoms with van der Waals surface area (Å²) < 4.78 is 0. The number of aryl methyl sites for hydroxylation is 1. The summed E-state index contributed by atoms with van der Waals surface area (Å²) in [6, 6.07) is 6.50. The van der Waals surface area contributed by atoms with E-state index in [4.69, 9.17) is 5.73 Å². The van der Waals surface area contributed by atoms with E-state index in [2.05, 4.69) is 49.8 Å². The third-order valence-corrected chi connectivity index (χ3v) is 3.56. The molecule has 116 valence electrons. The van der Waals surface area contributed by atoms with Crippen LogP contribution in [-0.2, 0) is 6.42 Å². The van der Waals surface area contributed by atoms with Gasteiger partial charge in [0.1, 0.15) is 5.84 Å². The molecule has 0 aromatic heterocycles. The molecule has 0 fully saturated rings. The average molecular weight is 287 g/mol. The molecule has 0 spiro atoms. The fourth-order valence-electron chi connectivity index (χ4n) is 2.45. The fraction of sp³-hybridized carbons (Fsp3) is 0.500. The molecule has 0 aliphatic rings. The zero-order chi connectivity index (χ0) is 15.8. The first-order chi connectivity index (χ1) is 9.99. The largest absolute Gasteiger partial charge is 0.388 e. The second-order valence-electron chi connectivity index (χ2n) is 5.70. The molecule has 0 saturated heterocycles. The number of nitrogens with one attached hydrogen (secondary N) is 1. The minimum atomic E-state index is 0.258. The van der Waals surface area contributed by atoms with Gasteiger partial charge in [-0.25, -0.2) is 0 Å². The molecule has 21 heavy (non-hydrogen) atoms. The highest BCUT2D eigenvalue weighted by Gasteiger charge is 2.12. The summed E-state index contributed by atoms with van der Waals surface area (Å²) in [5.41, 5.74) is 10.8. The number of amidine groups is 1. The molecule has 3 nitrogen and oxygen atoms in total. The molecule has 3 heteroatoms. The van der Waals surface area contributed by atoms with Crippen molar-refractivity contribution in [3.05, 3.63) is 41.5 Å². The summed E-state index contributed by atoms with van der Waals surface area (Å²) in [6.45, 7) is 10.3. The van der Waals surface area contributed by atoms with E-state index in [0.717, 1.165) is 36.9 Å². The number of allylic oxidation sites excluding steroid dienone is 1. The number of nitrogens with zero attached hydrogens (tertiary/aromatic N) is 1. The van der Waals surface area contributed by atoms with Crippen molar-refractivity contribution in [3.8, 4) is 0 Å². The van der Waals surface area contributed by atoms with E-state index >= 15 is 0 Å². The van der Waals surface area contributed by atoms with Gasteiger partial charge in [-0.3, -0.25) is 4.99 Å². The van der Waals surface area contributed by atoms with Crippen molar-refractivity contribution in [2.24, 2.45) is 10.7 Å². The fourth-order valence-corrected chi connectivity index (χ4v) is 2.45. The van der Waals surface area contributed by atoms with Crippen LogP contribution in [0.15, 0.2) is 35.3 Å². The van der Waals surface area contributed by atoms with Crippen LogP contribution in [0, 0.1) is 0 Å². The van der Waals surface area contributed by atoms with Gasteiger partial charge in [0.2, 0.25) is 0 Å². The van der Waals surface area contributed by atoms with E-state index in [9.17, 15) is 0 Å². The second-order valence-corrected chi connectivity index (χ2v) is 5.70. The second kappa shape index (κ2) is 8.50. The van der Waals surface area contributed by atoms with Gasteiger partial charge in [-0.15, -0.1) is 6.58 Å². The molecule has 1 aromatic carbocycles. The quantitative estimate of drug-likeness (QED) is 0.429. The topological polar surface area (TPSA) is 50.4 Å². The monoisotopic (exact) mass is 287 g/mol. The molecule has 0 saturated carbocycles.